The van der Waals surface area contributed by atoms with E-state index in [0.29, 0.717) is 5.92 Å². The first-order valence-corrected chi connectivity index (χ1v) is 7.00. The van der Waals surface area contributed by atoms with Crippen LogP contribution < -0.4 is 11.1 Å². The summed E-state index contributed by atoms with van der Waals surface area (Å²) in [6.45, 7) is 7.14. The number of rotatable bonds is 6. The minimum atomic E-state index is 0.191. The maximum atomic E-state index is 6.16. The van der Waals surface area contributed by atoms with Crippen molar-refractivity contribution in [1.29, 1.82) is 0 Å². The molecule has 1 aromatic heterocycles. The van der Waals surface area contributed by atoms with Crippen molar-refractivity contribution in [3.8, 4) is 0 Å². The first kappa shape index (κ1) is 14.5. The molecule has 0 saturated carbocycles. The van der Waals surface area contributed by atoms with E-state index in [9.17, 15) is 0 Å². The fourth-order valence-corrected chi connectivity index (χ4v) is 2.15. The fraction of sp³-hybridized carbons (Fsp3) is 0.615. The number of pyridine rings is 1. The van der Waals surface area contributed by atoms with E-state index < -0.39 is 0 Å². The first-order chi connectivity index (χ1) is 8.08. The van der Waals surface area contributed by atoms with Crippen molar-refractivity contribution < 1.29 is 0 Å². The standard InChI is InChI=1S/C13H22BrN3/c1-4-10(5-2)12(15)8-16-13-7-6-11(14)9(3)17-13/h6-7,10,12H,4-5,8,15H2,1-3H3,(H,16,17). The molecule has 0 aromatic carbocycles. The Balaban J connectivity index is 2.52. The van der Waals surface area contributed by atoms with Crippen LogP contribution in [-0.4, -0.2) is 17.6 Å². The van der Waals surface area contributed by atoms with Crippen LogP contribution in [0, 0.1) is 12.8 Å². The van der Waals surface area contributed by atoms with E-state index in [0.717, 1.165) is 35.4 Å². The van der Waals surface area contributed by atoms with E-state index >= 15 is 0 Å². The highest BCUT2D eigenvalue weighted by molar-refractivity contribution is 9.10. The van der Waals surface area contributed by atoms with Crippen LogP contribution >= 0.6 is 15.9 Å². The molecule has 1 unspecified atom stereocenters. The second kappa shape index (κ2) is 6.97. The summed E-state index contributed by atoms with van der Waals surface area (Å²) < 4.78 is 1.03. The van der Waals surface area contributed by atoms with Gasteiger partial charge in [0.2, 0.25) is 0 Å². The number of nitrogens with zero attached hydrogens (tertiary/aromatic N) is 1. The molecule has 0 radical (unpaired) electrons. The van der Waals surface area contributed by atoms with Gasteiger partial charge in [0.15, 0.2) is 0 Å². The van der Waals surface area contributed by atoms with Gasteiger partial charge in [0, 0.05) is 17.1 Å². The zero-order valence-electron chi connectivity index (χ0n) is 10.8. The van der Waals surface area contributed by atoms with Crippen LogP contribution in [0.4, 0.5) is 5.82 Å². The highest BCUT2D eigenvalue weighted by atomic mass is 79.9. The Bertz CT molecular complexity index is 351. The molecule has 1 heterocycles. The normalized spacial score (nSPS) is 12.8. The summed E-state index contributed by atoms with van der Waals surface area (Å²) >= 11 is 3.44. The van der Waals surface area contributed by atoms with Crippen molar-refractivity contribution in [2.45, 2.75) is 39.7 Å². The van der Waals surface area contributed by atoms with Crippen LogP contribution in [0.5, 0.6) is 0 Å². The Morgan fingerprint density at radius 1 is 1.35 bits per heavy atom. The number of hydrogen-bond donors (Lipinski definition) is 2. The number of anilines is 1. The Kier molecular flexibility index (Phi) is 5.92. The van der Waals surface area contributed by atoms with E-state index in [-0.39, 0.29) is 6.04 Å². The quantitative estimate of drug-likeness (QED) is 0.847. The molecule has 1 atom stereocenters. The van der Waals surface area contributed by atoms with Crippen molar-refractivity contribution in [3.63, 3.8) is 0 Å². The van der Waals surface area contributed by atoms with E-state index in [1.165, 1.54) is 0 Å². The Morgan fingerprint density at radius 3 is 2.53 bits per heavy atom. The third-order valence-electron chi connectivity index (χ3n) is 3.19. The van der Waals surface area contributed by atoms with Gasteiger partial charge < -0.3 is 11.1 Å². The second-order valence-corrected chi connectivity index (χ2v) is 5.24. The molecule has 17 heavy (non-hydrogen) atoms. The van der Waals surface area contributed by atoms with Crippen LogP contribution in [0.2, 0.25) is 0 Å². The molecule has 0 aliphatic carbocycles. The maximum absolute atomic E-state index is 6.16. The third kappa shape index (κ3) is 4.28. The summed E-state index contributed by atoms with van der Waals surface area (Å²) in [4.78, 5) is 4.44. The Hall–Kier alpha value is -0.610. The minimum Gasteiger partial charge on any atom is -0.368 e. The number of nitrogens with two attached hydrogens (primary N) is 1. The van der Waals surface area contributed by atoms with E-state index in [2.05, 4.69) is 40.1 Å². The van der Waals surface area contributed by atoms with Gasteiger partial charge in [-0.1, -0.05) is 26.7 Å². The molecule has 96 valence electrons. The van der Waals surface area contributed by atoms with E-state index in [1.807, 2.05) is 19.1 Å². The fourth-order valence-electron chi connectivity index (χ4n) is 1.93. The summed E-state index contributed by atoms with van der Waals surface area (Å²) in [5.41, 5.74) is 7.15. The lowest BCUT2D eigenvalue weighted by atomic mass is 9.95. The number of nitrogens with one attached hydrogen (secondary N) is 1. The summed E-state index contributed by atoms with van der Waals surface area (Å²) in [5.74, 6) is 1.48. The second-order valence-electron chi connectivity index (χ2n) is 4.39. The molecule has 1 aromatic rings. The van der Waals surface area contributed by atoms with Crippen molar-refractivity contribution in [1.82, 2.24) is 4.98 Å². The lowest BCUT2D eigenvalue weighted by Crippen LogP contribution is -2.36. The minimum absolute atomic E-state index is 0.191. The molecule has 0 amide bonds. The number of aromatic nitrogens is 1. The summed E-state index contributed by atoms with van der Waals surface area (Å²) in [7, 11) is 0. The summed E-state index contributed by atoms with van der Waals surface area (Å²) in [6.07, 6.45) is 2.26. The molecule has 0 aliphatic heterocycles. The highest BCUT2D eigenvalue weighted by Crippen LogP contribution is 2.17. The molecular formula is C13H22BrN3. The topological polar surface area (TPSA) is 50.9 Å². The van der Waals surface area contributed by atoms with Gasteiger partial charge in [-0.2, -0.15) is 0 Å². The van der Waals surface area contributed by atoms with Gasteiger partial charge in [-0.05, 0) is 40.9 Å². The molecule has 0 saturated heterocycles. The van der Waals surface area contributed by atoms with Gasteiger partial charge in [0.1, 0.15) is 5.82 Å². The number of halogens is 1. The molecular weight excluding hydrogens is 278 g/mol. The lowest BCUT2D eigenvalue weighted by molar-refractivity contribution is 0.407. The van der Waals surface area contributed by atoms with Gasteiger partial charge in [-0.3, -0.25) is 0 Å². The maximum Gasteiger partial charge on any atom is 0.126 e. The zero-order chi connectivity index (χ0) is 12.8. The molecule has 3 nitrogen and oxygen atoms in total. The van der Waals surface area contributed by atoms with Gasteiger partial charge in [0.05, 0.1) is 5.69 Å². The average Bonchev–Trinajstić information content (AvgIpc) is 2.32. The van der Waals surface area contributed by atoms with Crippen molar-refractivity contribution >= 4 is 21.7 Å². The monoisotopic (exact) mass is 299 g/mol. The van der Waals surface area contributed by atoms with Gasteiger partial charge >= 0.3 is 0 Å². The van der Waals surface area contributed by atoms with E-state index in [1.54, 1.807) is 0 Å². The van der Waals surface area contributed by atoms with Gasteiger partial charge in [-0.15, -0.1) is 0 Å². The summed E-state index contributed by atoms with van der Waals surface area (Å²) in [5, 5.41) is 3.30. The van der Waals surface area contributed by atoms with Crippen LogP contribution in [0.15, 0.2) is 16.6 Å². The predicted molar refractivity (Wildman–Crippen MR) is 77.2 cm³/mol. The van der Waals surface area contributed by atoms with Crippen LogP contribution in [0.1, 0.15) is 32.4 Å². The molecule has 0 bridgehead atoms. The van der Waals surface area contributed by atoms with E-state index in [4.69, 9.17) is 5.73 Å². The molecule has 4 heteroatoms. The highest BCUT2D eigenvalue weighted by Gasteiger charge is 2.13. The van der Waals surface area contributed by atoms with Gasteiger partial charge in [-0.25, -0.2) is 4.98 Å². The average molecular weight is 300 g/mol. The molecule has 1 rings (SSSR count). The lowest BCUT2D eigenvalue weighted by Gasteiger charge is -2.21. The molecule has 0 aliphatic rings. The van der Waals surface area contributed by atoms with Crippen LogP contribution in [-0.2, 0) is 0 Å². The van der Waals surface area contributed by atoms with Crippen molar-refractivity contribution in [2.24, 2.45) is 11.7 Å². The Labute approximate surface area is 112 Å². The van der Waals surface area contributed by atoms with Crippen molar-refractivity contribution in [2.75, 3.05) is 11.9 Å². The Morgan fingerprint density at radius 2 is 2.00 bits per heavy atom. The predicted octanol–water partition coefficient (Wildman–Crippen LogP) is 3.33. The largest absolute Gasteiger partial charge is 0.368 e. The molecule has 0 fully saturated rings. The number of hydrogen-bond acceptors (Lipinski definition) is 3. The molecule has 0 spiro atoms. The third-order valence-corrected chi connectivity index (χ3v) is 4.03. The van der Waals surface area contributed by atoms with Gasteiger partial charge in [0.25, 0.3) is 0 Å². The van der Waals surface area contributed by atoms with Crippen LogP contribution in [0.3, 0.4) is 0 Å². The zero-order valence-corrected chi connectivity index (χ0v) is 12.4. The smallest absolute Gasteiger partial charge is 0.126 e. The summed E-state index contributed by atoms with van der Waals surface area (Å²) in [6, 6.07) is 4.17. The SMILES string of the molecule is CCC(CC)C(N)CNc1ccc(Br)c(C)n1. The molecule has 3 N–H and O–H groups in total. The van der Waals surface area contributed by atoms with Crippen molar-refractivity contribution in [3.05, 3.63) is 22.3 Å². The first-order valence-electron chi connectivity index (χ1n) is 6.21. The number of aryl methyl sites for hydroxylation is 1. The van der Waals surface area contributed by atoms with Crippen LogP contribution in [0.25, 0.3) is 0 Å².